The standard InChI is InChI=1S/C20H26N2O3S.ClH/c1-15(22-26(2,23)24)17-10-8-16(9-11-17)13-21-19-12-20(25-14-19)18-6-4-3-5-7-18;/h3-11,15,19-22H,12-14H2,1-2H3;1H/t15-,19?,20?;/m1./s1. The zero-order valence-corrected chi connectivity index (χ0v) is 17.2. The Balaban J connectivity index is 0.00000261. The maximum atomic E-state index is 11.3. The van der Waals surface area contributed by atoms with Gasteiger partial charge in [0.1, 0.15) is 0 Å². The molecule has 7 heteroatoms. The lowest BCUT2D eigenvalue weighted by Gasteiger charge is -2.14. The molecule has 2 aromatic carbocycles. The van der Waals surface area contributed by atoms with Crippen LogP contribution >= 0.6 is 12.4 Å². The smallest absolute Gasteiger partial charge is 0.209 e. The molecule has 0 saturated carbocycles. The molecule has 0 amide bonds. The first-order valence-electron chi connectivity index (χ1n) is 8.87. The minimum absolute atomic E-state index is 0. The van der Waals surface area contributed by atoms with Gasteiger partial charge in [-0.1, -0.05) is 54.6 Å². The number of sulfonamides is 1. The lowest BCUT2D eigenvalue weighted by Crippen LogP contribution is -2.28. The maximum absolute atomic E-state index is 11.3. The van der Waals surface area contributed by atoms with Crippen LogP contribution in [0.3, 0.4) is 0 Å². The summed E-state index contributed by atoms with van der Waals surface area (Å²) in [6.45, 7) is 3.32. The Morgan fingerprint density at radius 2 is 1.78 bits per heavy atom. The highest BCUT2D eigenvalue weighted by atomic mass is 35.5. The normalized spacial score (nSPS) is 20.8. The molecule has 1 aliphatic rings. The predicted octanol–water partition coefficient (Wildman–Crippen LogP) is 3.34. The first-order chi connectivity index (χ1) is 12.4. The van der Waals surface area contributed by atoms with Gasteiger partial charge in [-0.05, 0) is 30.0 Å². The number of rotatable bonds is 7. The van der Waals surface area contributed by atoms with Crippen LogP contribution in [-0.2, 0) is 21.3 Å². The molecular formula is C20H27ClN2O3S. The van der Waals surface area contributed by atoms with Crippen molar-refractivity contribution in [2.45, 2.75) is 38.1 Å². The van der Waals surface area contributed by atoms with Gasteiger partial charge < -0.3 is 10.1 Å². The van der Waals surface area contributed by atoms with E-state index >= 15 is 0 Å². The zero-order valence-electron chi connectivity index (χ0n) is 15.6. The molecule has 1 saturated heterocycles. The molecule has 0 aliphatic carbocycles. The molecule has 148 valence electrons. The molecule has 1 fully saturated rings. The van der Waals surface area contributed by atoms with Gasteiger partial charge in [-0.15, -0.1) is 12.4 Å². The van der Waals surface area contributed by atoms with Gasteiger partial charge in [0.05, 0.1) is 19.0 Å². The fraction of sp³-hybridized carbons (Fsp3) is 0.400. The molecule has 3 rings (SSSR count). The number of hydrogen-bond donors (Lipinski definition) is 2. The molecule has 3 atom stereocenters. The van der Waals surface area contributed by atoms with Gasteiger partial charge in [0.15, 0.2) is 0 Å². The van der Waals surface area contributed by atoms with Crippen molar-refractivity contribution in [1.82, 2.24) is 10.0 Å². The second-order valence-corrected chi connectivity index (χ2v) is 8.68. The lowest BCUT2D eigenvalue weighted by atomic mass is 10.0. The van der Waals surface area contributed by atoms with E-state index in [1.54, 1.807) is 0 Å². The van der Waals surface area contributed by atoms with E-state index in [0.717, 1.165) is 18.5 Å². The van der Waals surface area contributed by atoms with E-state index in [-0.39, 0.29) is 24.6 Å². The SMILES string of the molecule is C[C@@H](NS(C)(=O)=O)c1ccc(CNC2COC(c3ccccc3)C2)cc1.Cl. The van der Waals surface area contributed by atoms with Gasteiger partial charge in [-0.25, -0.2) is 13.1 Å². The Morgan fingerprint density at radius 3 is 2.41 bits per heavy atom. The highest BCUT2D eigenvalue weighted by Gasteiger charge is 2.26. The summed E-state index contributed by atoms with van der Waals surface area (Å²) in [4.78, 5) is 0. The second-order valence-electron chi connectivity index (χ2n) is 6.90. The third-order valence-corrected chi connectivity index (χ3v) is 5.42. The minimum Gasteiger partial charge on any atom is -0.372 e. The molecule has 5 nitrogen and oxygen atoms in total. The molecule has 2 unspecified atom stereocenters. The number of benzene rings is 2. The summed E-state index contributed by atoms with van der Waals surface area (Å²) in [6, 6.07) is 18.4. The summed E-state index contributed by atoms with van der Waals surface area (Å²) in [5.74, 6) is 0. The van der Waals surface area contributed by atoms with Gasteiger partial charge in [0, 0.05) is 18.6 Å². The first kappa shape index (κ1) is 21.9. The van der Waals surface area contributed by atoms with E-state index in [4.69, 9.17) is 4.74 Å². The lowest BCUT2D eigenvalue weighted by molar-refractivity contribution is 0.109. The Bertz CT molecular complexity index is 813. The van der Waals surface area contributed by atoms with Crippen molar-refractivity contribution in [3.8, 4) is 0 Å². The van der Waals surface area contributed by atoms with Crippen LogP contribution in [0.15, 0.2) is 54.6 Å². The largest absolute Gasteiger partial charge is 0.372 e. The van der Waals surface area contributed by atoms with Gasteiger partial charge >= 0.3 is 0 Å². The molecule has 0 aromatic heterocycles. The van der Waals surface area contributed by atoms with Crippen molar-refractivity contribution in [3.05, 3.63) is 71.3 Å². The van der Waals surface area contributed by atoms with E-state index in [9.17, 15) is 8.42 Å². The molecule has 2 N–H and O–H groups in total. The molecular weight excluding hydrogens is 384 g/mol. The molecule has 2 aromatic rings. The quantitative estimate of drug-likeness (QED) is 0.734. The number of halogens is 1. The molecule has 1 aliphatic heterocycles. The molecule has 0 bridgehead atoms. The van der Waals surface area contributed by atoms with Crippen molar-refractivity contribution in [3.63, 3.8) is 0 Å². The summed E-state index contributed by atoms with van der Waals surface area (Å²) in [7, 11) is -3.21. The zero-order chi connectivity index (χ0) is 18.6. The van der Waals surface area contributed by atoms with E-state index in [1.165, 1.54) is 17.4 Å². The van der Waals surface area contributed by atoms with Crippen molar-refractivity contribution < 1.29 is 13.2 Å². The Hall–Kier alpha value is -1.44. The first-order valence-corrected chi connectivity index (χ1v) is 10.8. The number of hydrogen-bond acceptors (Lipinski definition) is 4. The van der Waals surface area contributed by atoms with Gasteiger partial charge in [-0.2, -0.15) is 0 Å². The minimum atomic E-state index is -3.21. The summed E-state index contributed by atoms with van der Waals surface area (Å²) in [6.07, 6.45) is 2.31. The van der Waals surface area contributed by atoms with Crippen LogP contribution in [0.4, 0.5) is 0 Å². The van der Waals surface area contributed by atoms with Crippen LogP contribution in [0.1, 0.15) is 42.2 Å². The topological polar surface area (TPSA) is 67.4 Å². The van der Waals surface area contributed by atoms with Crippen LogP contribution in [0.5, 0.6) is 0 Å². The van der Waals surface area contributed by atoms with Crippen LogP contribution in [0.2, 0.25) is 0 Å². The molecule has 1 heterocycles. The van der Waals surface area contributed by atoms with Crippen LogP contribution < -0.4 is 10.0 Å². The highest BCUT2D eigenvalue weighted by molar-refractivity contribution is 7.88. The maximum Gasteiger partial charge on any atom is 0.209 e. The van der Waals surface area contributed by atoms with Gasteiger partial charge in [-0.3, -0.25) is 0 Å². The van der Waals surface area contributed by atoms with E-state index in [2.05, 4.69) is 22.2 Å². The van der Waals surface area contributed by atoms with E-state index < -0.39 is 10.0 Å². The predicted molar refractivity (Wildman–Crippen MR) is 110 cm³/mol. The van der Waals surface area contributed by atoms with E-state index in [0.29, 0.717) is 12.6 Å². The number of nitrogens with one attached hydrogen (secondary N) is 2. The van der Waals surface area contributed by atoms with Crippen molar-refractivity contribution in [1.29, 1.82) is 0 Å². The fourth-order valence-electron chi connectivity index (χ4n) is 3.24. The van der Waals surface area contributed by atoms with Gasteiger partial charge in [0.25, 0.3) is 0 Å². The van der Waals surface area contributed by atoms with Crippen LogP contribution in [-0.4, -0.2) is 27.3 Å². The number of ether oxygens (including phenoxy) is 1. The summed E-state index contributed by atoms with van der Waals surface area (Å²) in [5.41, 5.74) is 3.35. The van der Waals surface area contributed by atoms with Crippen LogP contribution in [0.25, 0.3) is 0 Å². The van der Waals surface area contributed by atoms with Crippen molar-refractivity contribution >= 4 is 22.4 Å². The molecule has 27 heavy (non-hydrogen) atoms. The molecule has 0 spiro atoms. The summed E-state index contributed by atoms with van der Waals surface area (Å²) < 4.78 is 31.2. The summed E-state index contributed by atoms with van der Waals surface area (Å²) >= 11 is 0. The monoisotopic (exact) mass is 410 g/mol. The summed E-state index contributed by atoms with van der Waals surface area (Å²) in [5, 5.41) is 3.55. The second kappa shape index (κ2) is 9.66. The Morgan fingerprint density at radius 1 is 1.11 bits per heavy atom. The highest BCUT2D eigenvalue weighted by Crippen LogP contribution is 2.28. The third kappa shape index (κ3) is 6.59. The van der Waals surface area contributed by atoms with Crippen LogP contribution in [0, 0.1) is 0 Å². The van der Waals surface area contributed by atoms with Crippen molar-refractivity contribution in [2.75, 3.05) is 12.9 Å². The third-order valence-electron chi connectivity index (χ3n) is 4.63. The average molecular weight is 411 g/mol. The van der Waals surface area contributed by atoms with Gasteiger partial charge in [0.2, 0.25) is 10.0 Å². The average Bonchev–Trinajstić information content (AvgIpc) is 3.09. The van der Waals surface area contributed by atoms with E-state index in [1.807, 2.05) is 49.4 Å². The van der Waals surface area contributed by atoms with Crippen molar-refractivity contribution in [2.24, 2.45) is 0 Å². The molecule has 0 radical (unpaired) electrons. The Labute approximate surface area is 168 Å². The fourth-order valence-corrected chi connectivity index (χ4v) is 4.02. The Kier molecular flexibility index (Phi) is 7.82.